The van der Waals surface area contributed by atoms with Crippen LogP contribution in [0.1, 0.15) is 0 Å². The lowest BCUT2D eigenvalue weighted by molar-refractivity contribution is 0.375. The van der Waals surface area contributed by atoms with E-state index in [1.54, 1.807) is 11.3 Å². The fraction of sp³-hybridized carbons (Fsp3) is 0.364. The Hall–Kier alpha value is -1.33. The van der Waals surface area contributed by atoms with Crippen molar-refractivity contribution in [3.8, 4) is 10.6 Å². The number of nitrogens with zero attached hydrogens (tertiary/aromatic N) is 3. The van der Waals surface area contributed by atoms with Crippen molar-refractivity contribution in [2.75, 3.05) is 26.4 Å². The molecule has 0 saturated heterocycles. The van der Waals surface area contributed by atoms with E-state index in [1.165, 1.54) is 0 Å². The van der Waals surface area contributed by atoms with E-state index in [4.69, 9.17) is 5.73 Å². The van der Waals surface area contributed by atoms with Gasteiger partial charge in [-0.3, -0.25) is 0 Å². The van der Waals surface area contributed by atoms with Crippen molar-refractivity contribution in [1.82, 2.24) is 14.7 Å². The lowest BCUT2D eigenvalue weighted by Crippen LogP contribution is -2.19. The zero-order valence-electron chi connectivity index (χ0n) is 9.55. The van der Waals surface area contributed by atoms with Crippen molar-refractivity contribution in [3.63, 3.8) is 0 Å². The van der Waals surface area contributed by atoms with Crippen LogP contribution in [-0.4, -0.2) is 35.3 Å². The third-order valence-corrected chi connectivity index (χ3v) is 3.24. The van der Waals surface area contributed by atoms with Gasteiger partial charge in [-0.25, -0.2) is 4.68 Å². The van der Waals surface area contributed by atoms with Gasteiger partial charge in [0.2, 0.25) is 0 Å². The molecule has 2 aromatic heterocycles. The summed E-state index contributed by atoms with van der Waals surface area (Å²) in [7, 11) is 4.08. The minimum atomic E-state index is 0.727. The Morgan fingerprint density at radius 3 is 2.94 bits per heavy atom. The molecular formula is C11H16N4S. The summed E-state index contributed by atoms with van der Waals surface area (Å²) in [6, 6.07) is 6.01. The smallest absolute Gasteiger partial charge is 0.122 e. The SMILES string of the molecule is CN(C)CCn1nc(-c2cccs2)cc1N. The van der Waals surface area contributed by atoms with E-state index >= 15 is 0 Å². The fourth-order valence-corrected chi connectivity index (χ4v) is 2.13. The van der Waals surface area contributed by atoms with Crippen LogP contribution < -0.4 is 5.73 Å². The van der Waals surface area contributed by atoms with Gasteiger partial charge in [0.05, 0.1) is 11.4 Å². The molecule has 0 amide bonds. The molecule has 2 N–H and O–H groups in total. The number of nitrogens with two attached hydrogens (primary N) is 1. The van der Waals surface area contributed by atoms with E-state index in [0.29, 0.717) is 0 Å². The largest absolute Gasteiger partial charge is 0.384 e. The zero-order chi connectivity index (χ0) is 11.5. The number of aromatic nitrogens is 2. The van der Waals surface area contributed by atoms with E-state index in [2.05, 4.69) is 16.1 Å². The molecule has 0 saturated carbocycles. The Kier molecular flexibility index (Phi) is 3.26. The molecule has 0 bridgehead atoms. The van der Waals surface area contributed by atoms with E-state index in [0.717, 1.165) is 29.5 Å². The van der Waals surface area contributed by atoms with Crippen LogP contribution in [0.5, 0.6) is 0 Å². The van der Waals surface area contributed by atoms with Gasteiger partial charge in [-0.15, -0.1) is 11.3 Å². The normalized spacial score (nSPS) is 11.2. The Balaban J connectivity index is 2.16. The molecule has 0 radical (unpaired) electrons. The second kappa shape index (κ2) is 4.67. The minimum absolute atomic E-state index is 0.727. The van der Waals surface area contributed by atoms with E-state index in [9.17, 15) is 0 Å². The van der Waals surface area contributed by atoms with Gasteiger partial charge in [-0.05, 0) is 25.5 Å². The number of hydrogen-bond donors (Lipinski definition) is 1. The summed E-state index contributed by atoms with van der Waals surface area (Å²) < 4.78 is 1.86. The molecule has 0 aliphatic carbocycles. The summed E-state index contributed by atoms with van der Waals surface area (Å²) in [5, 5.41) is 6.55. The van der Waals surface area contributed by atoms with Crippen LogP contribution in [0.25, 0.3) is 10.6 Å². The maximum absolute atomic E-state index is 5.92. The van der Waals surface area contributed by atoms with Crippen molar-refractivity contribution in [1.29, 1.82) is 0 Å². The second-order valence-corrected chi connectivity index (χ2v) is 4.91. The van der Waals surface area contributed by atoms with Crippen LogP contribution in [0, 0.1) is 0 Å². The first kappa shape index (κ1) is 11.2. The molecular weight excluding hydrogens is 220 g/mol. The van der Waals surface area contributed by atoms with E-state index < -0.39 is 0 Å². The molecule has 0 aromatic carbocycles. The van der Waals surface area contributed by atoms with Gasteiger partial charge in [-0.2, -0.15) is 5.10 Å². The lowest BCUT2D eigenvalue weighted by atomic mass is 10.3. The maximum atomic E-state index is 5.92. The highest BCUT2D eigenvalue weighted by molar-refractivity contribution is 7.13. The minimum Gasteiger partial charge on any atom is -0.384 e. The third kappa shape index (κ3) is 2.43. The van der Waals surface area contributed by atoms with Crippen LogP contribution in [0.15, 0.2) is 23.6 Å². The van der Waals surface area contributed by atoms with Gasteiger partial charge in [0.15, 0.2) is 0 Å². The molecule has 0 aliphatic heterocycles. The Labute approximate surface area is 99.3 Å². The molecule has 0 aliphatic rings. The number of hydrogen-bond acceptors (Lipinski definition) is 4. The molecule has 16 heavy (non-hydrogen) atoms. The topological polar surface area (TPSA) is 47.1 Å². The first-order valence-corrected chi connectivity index (χ1v) is 6.06. The van der Waals surface area contributed by atoms with Gasteiger partial charge >= 0.3 is 0 Å². The summed E-state index contributed by atoms with van der Waals surface area (Å²) in [5.41, 5.74) is 6.88. The first-order chi connectivity index (χ1) is 7.66. The summed E-state index contributed by atoms with van der Waals surface area (Å²) >= 11 is 1.68. The fourth-order valence-electron chi connectivity index (χ4n) is 1.45. The van der Waals surface area contributed by atoms with Crippen LogP contribution >= 0.6 is 11.3 Å². The van der Waals surface area contributed by atoms with Crippen LogP contribution in [0.4, 0.5) is 5.82 Å². The van der Waals surface area contributed by atoms with Crippen LogP contribution in [0.3, 0.4) is 0 Å². The van der Waals surface area contributed by atoms with Crippen molar-refractivity contribution in [2.45, 2.75) is 6.54 Å². The zero-order valence-corrected chi connectivity index (χ0v) is 10.4. The average molecular weight is 236 g/mol. The molecule has 2 heterocycles. The average Bonchev–Trinajstić information content (AvgIpc) is 2.83. The number of rotatable bonds is 4. The standard InChI is InChI=1S/C11H16N4S/c1-14(2)5-6-15-11(12)8-9(13-15)10-4-3-7-16-10/h3-4,7-8H,5-6,12H2,1-2H3. The quantitative estimate of drug-likeness (QED) is 0.880. The Bertz CT molecular complexity index is 445. The predicted molar refractivity (Wildman–Crippen MR) is 68.5 cm³/mol. The second-order valence-electron chi connectivity index (χ2n) is 3.96. The van der Waals surface area contributed by atoms with E-state index in [-0.39, 0.29) is 0 Å². The molecule has 4 nitrogen and oxygen atoms in total. The molecule has 0 atom stereocenters. The van der Waals surface area contributed by atoms with Gasteiger partial charge in [-0.1, -0.05) is 6.07 Å². The monoisotopic (exact) mass is 236 g/mol. The summed E-state index contributed by atoms with van der Waals surface area (Å²) in [6.07, 6.45) is 0. The van der Waals surface area contributed by atoms with Gasteiger partial charge < -0.3 is 10.6 Å². The molecule has 5 heteroatoms. The third-order valence-electron chi connectivity index (χ3n) is 2.34. The summed E-state index contributed by atoms with van der Waals surface area (Å²) in [6.45, 7) is 1.76. The van der Waals surface area contributed by atoms with Gasteiger partial charge in [0, 0.05) is 12.6 Å². The van der Waals surface area contributed by atoms with Gasteiger partial charge in [0.25, 0.3) is 0 Å². The Morgan fingerprint density at radius 2 is 2.31 bits per heavy atom. The van der Waals surface area contributed by atoms with Crippen LogP contribution in [-0.2, 0) is 6.54 Å². The van der Waals surface area contributed by atoms with E-state index in [1.807, 2.05) is 36.3 Å². The lowest BCUT2D eigenvalue weighted by Gasteiger charge is -2.09. The number of likely N-dealkylation sites (N-methyl/N-ethyl adjacent to an activating group) is 1. The van der Waals surface area contributed by atoms with Crippen molar-refractivity contribution < 1.29 is 0 Å². The van der Waals surface area contributed by atoms with Crippen molar-refractivity contribution in [2.24, 2.45) is 0 Å². The summed E-state index contributed by atoms with van der Waals surface area (Å²) in [4.78, 5) is 3.28. The number of nitrogen functional groups attached to an aromatic ring is 1. The predicted octanol–water partition coefficient (Wildman–Crippen LogP) is 1.76. The molecule has 2 aromatic rings. The van der Waals surface area contributed by atoms with Crippen molar-refractivity contribution in [3.05, 3.63) is 23.6 Å². The Morgan fingerprint density at radius 1 is 1.50 bits per heavy atom. The molecule has 86 valence electrons. The molecule has 2 rings (SSSR count). The number of anilines is 1. The highest BCUT2D eigenvalue weighted by atomic mass is 32.1. The molecule has 0 unspecified atom stereocenters. The van der Waals surface area contributed by atoms with Crippen molar-refractivity contribution >= 4 is 17.2 Å². The van der Waals surface area contributed by atoms with Gasteiger partial charge in [0.1, 0.15) is 11.5 Å². The maximum Gasteiger partial charge on any atom is 0.122 e. The highest BCUT2D eigenvalue weighted by Gasteiger charge is 2.07. The first-order valence-electron chi connectivity index (χ1n) is 5.19. The van der Waals surface area contributed by atoms with Crippen LogP contribution in [0.2, 0.25) is 0 Å². The summed E-state index contributed by atoms with van der Waals surface area (Å²) in [5.74, 6) is 0.727. The molecule has 0 spiro atoms. The molecule has 0 fully saturated rings. The highest BCUT2D eigenvalue weighted by Crippen LogP contribution is 2.24. The number of thiophene rings is 1.